The van der Waals surface area contributed by atoms with Gasteiger partial charge in [-0.25, -0.2) is 0 Å². The Morgan fingerprint density at radius 3 is 2.86 bits per heavy atom. The summed E-state index contributed by atoms with van der Waals surface area (Å²) in [7, 11) is 1.47. The van der Waals surface area contributed by atoms with E-state index in [2.05, 4.69) is 23.5 Å². The first-order valence-electron chi connectivity index (χ1n) is 7.71. The van der Waals surface area contributed by atoms with Crippen molar-refractivity contribution >= 4 is 17.7 Å². The molecule has 3 nitrogen and oxygen atoms in total. The first kappa shape index (κ1) is 14.9. The van der Waals surface area contributed by atoms with Gasteiger partial charge in [-0.3, -0.25) is 10.1 Å². The summed E-state index contributed by atoms with van der Waals surface area (Å²) in [6.07, 6.45) is 6.00. The highest BCUT2D eigenvalue weighted by molar-refractivity contribution is 7.99. The number of carbonyl (C=O) groups excluding carboxylic acids is 1. The quantitative estimate of drug-likeness (QED) is 0.648. The van der Waals surface area contributed by atoms with Crippen LogP contribution < -0.4 is 5.32 Å². The molecule has 2 aliphatic rings. The Morgan fingerprint density at radius 2 is 2.14 bits per heavy atom. The fraction of sp³-hybridized carbons (Fsp3) is 0.588. The summed E-state index contributed by atoms with van der Waals surface area (Å²) in [5.74, 6) is 0.540. The molecule has 1 saturated carbocycles. The topological polar surface area (TPSA) is 38.3 Å². The van der Waals surface area contributed by atoms with Crippen molar-refractivity contribution in [2.24, 2.45) is 0 Å². The number of carbonyl (C=O) groups is 1. The zero-order chi connectivity index (χ0) is 14.9. The van der Waals surface area contributed by atoms with Gasteiger partial charge in [-0.2, -0.15) is 0 Å². The molecule has 1 N–H and O–H groups in total. The van der Waals surface area contributed by atoms with E-state index in [-0.39, 0.29) is 5.97 Å². The summed E-state index contributed by atoms with van der Waals surface area (Å²) < 4.78 is 4.99. The van der Waals surface area contributed by atoms with Crippen LogP contribution in [0.1, 0.15) is 37.3 Å². The van der Waals surface area contributed by atoms with E-state index in [1.165, 1.54) is 42.4 Å². The van der Waals surface area contributed by atoms with E-state index in [1.807, 2.05) is 6.92 Å². The van der Waals surface area contributed by atoms with Crippen molar-refractivity contribution in [1.82, 2.24) is 5.32 Å². The normalized spacial score (nSPS) is 19.9. The Balaban J connectivity index is 1.67. The van der Waals surface area contributed by atoms with Gasteiger partial charge in [-0.15, -0.1) is 11.8 Å². The van der Waals surface area contributed by atoms with Gasteiger partial charge in [0.05, 0.1) is 7.11 Å². The van der Waals surface area contributed by atoms with Crippen LogP contribution in [-0.2, 0) is 22.4 Å². The van der Waals surface area contributed by atoms with Crippen LogP contribution in [0.5, 0.6) is 0 Å². The van der Waals surface area contributed by atoms with Gasteiger partial charge in [0.25, 0.3) is 0 Å². The summed E-state index contributed by atoms with van der Waals surface area (Å²) in [5.41, 5.74) is 2.38. The highest BCUT2D eigenvalue weighted by Crippen LogP contribution is 2.31. The molecule has 1 aromatic carbocycles. The molecule has 4 heteroatoms. The average molecular weight is 305 g/mol. The molecule has 1 fully saturated rings. The molecule has 2 aliphatic carbocycles. The first-order chi connectivity index (χ1) is 10.1. The minimum Gasteiger partial charge on any atom is -0.468 e. The van der Waals surface area contributed by atoms with Crippen LogP contribution in [0.2, 0.25) is 0 Å². The molecule has 0 aliphatic heterocycles. The molecule has 0 heterocycles. The second kappa shape index (κ2) is 6.01. The Labute approximate surface area is 130 Å². The third-order valence-corrected chi connectivity index (χ3v) is 5.64. The van der Waals surface area contributed by atoms with Crippen LogP contribution in [0.15, 0.2) is 23.1 Å². The lowest BCUT2D eigenvalue weighted by atomic mass is 10.1. The Bertz CT molecular complexity index is 542. The van der Waals surface area contributed by atoms with Gasteiger partial charge in [0.2, 0.25) is 0 Å². The van der Waals surface area contributed by atoms with E-state index < -0.39 is 5.54 Å². The Hall–Kier alpha value is -1.00. The number of fused-ring (bicyclic) bond motifs is 1. The number of benzene rings is 1. The largest absolute Gasteiger partial charge is 0.468 e. The van der Waals surface area contributed by atoms with Crippen molar-refractivity contribution in [1.29, 1.82) is 0 Å². The molecule has 1 unspecified atom stereocenters. The van der Waals surface area contributed by atoms with E-state index >= 15 is 0 Å². The molecular weight excluding hydrogens is 282 g/mol. The Morgan fingerprint density at radius 1 is 1.38 bits per heavy atom. The number of methoxy groups -OCH3 is 1. The smallest absolute Gasteiger partial charge is 0.326 e. The summed E-state index contributed by atoms with van der Waals surface area (Å²) in [4.78, 5) is 13.4. The van der Waals surface area contributed by atoms with Gasteiger partial charge in [0, 0.05) is 16.7 Å². The molecule has 114 valence electrons. The van der Waals surface area contributed by atoms with Crippen LogP contribution in [0, 0.1) is 0 Å². The molecule has 0 radical (unpaired) electrons. The minimum atomic E-state index is -0.598. The third kappa shape index (κ3) is 3.43. The van der Waals surface area contributed by atoms with Crippen molar-refractivity contribution in [3.63, 3.8) is 0 Å². The van der Waals surface area contributed by atoms with Crippen molar-refractivity contribution in [2.45, 2.75) is 55.5 Å². The van der Waals surface area contributed by atoms with Gasteiger partial charge < -0.3 is 4.74 Å². The van der Waals surface area contributed by atoms with Crippen molar-refractivity contribution < 1.29 is 9.53 Å². The predicted molar refractivity (Wildman–Crippen MR) is 85.8 cm³/mol. The molecule has 21 heavy (non-hydrogen) atoms. The van der Waals surface area contributed by atoms with Crippen molar-refractivity contribution in [3.8, 4) is 0 Å². The lowest BCUT2D eigenvalue weighted by molar-refractivity contribution is -0.146. The molecule has 0 amide bonds. The number of rotatable bonds is 6. The lowest BCUT2D eigenvalue weighted by Crippen LogP contribution is -2.53. The maximum absolute atomic E-state index is 12.1. The molecular formula is C17H23NO2S. The van der Waals surface area contributed by atoms with Gasteiger partial charge in [0.1, 0.15) is 5.54 Å². The van der Waals surface area contributed by atoms with Crippen LogP contribution in [0.25, 0.3) is 0 Å². The SMILES string of the molecule is COC(=O)C(C)(CSc1ccc2c(c1)CCC2)NC1CC1. The number of thioether (sulfide) groups is 1. The zero-order valence-corrected chi connectivity index (χ0v) is 13.6. The maximum atomic E-state index is 12.1. The predicted octanol–water partition coefficient (Wildman–Crippen LogP) is 2.95. The van der Waals surface area contributed by atoms with Crippen LogP contribution in [-0.4, -0.2) is 30.4 Å². The molecule has 1 atom stereocenters. The number of nitrogens with one attached hydrogen (secondary N) is 1. The van der Waals surface area contributed by atoms with Crippen LogP contribution in [0.3, 0.4) is 0 Å². The Kier molecular flexibility index (Phi) is 4.27. The molecule has 1 aromatic rings. The first-order valence-corrected chi connectivity index (χ1v) is 8.70. The standard InChI is InChI=1S/C17H23NO2S/c1-17(16(19)20-2,18-14-7-8-14)11-21-15-9-6-12-4-3-5-13(12)10-15/h6,9-10,14,18H,3-5,7-8,11H2,1-2H3. The highest BCUT2D eigenvalue weighted by Gasteiger charge is 2.39. The number of esters is 1. The van der Waals surface area contributed by atoms with Crippen molar-refractivity contribution in [3.05, 3.63) is 29.3 Å². The van der Waals surface area contributed by atoms with Gasteiger partial charge in [-0.05, 0) is 62.3 Å². The maximum Gasteiger partial charge on any atom is 0.326 e. The van der Waals surface area contributed by atoms with E-state index in [0.717, 1.165) is 12.8 Å². The lowest BCUT2D eigenvalue weighted by Gasteiger charge is -2.27. The minimum absolute atomic E-state index is 0.164. The second-order valence-electron chi connectivity index (χ2n) is 6.32. The third-order valence-electron chi connectivity index (χ3n) is 4.33. The number of hydrogen-bond donors (Lipinski definition) is 1. The van der Waals surface area contributed by atoms with Crippen LogP contribution >= 0.6 is 11.8 Å². The van der Waals surface area contributed by atoms with Crippen LogP contribution in [0.4, 0.5) is 0 Å². The number of hydrogen-bond acceptors (Lipinski definition) is 4. The fourth-order valence-corrected chi connectivity index (χ4v) is 3.98. The zero-order valence-electron chi connectivity index (χ0n) is 12.8. The number of ether oxygens (including phenoxy) is 1. The van der Waals surface area contributed by atoms with Gasteiger partial charge >= 0.3 is 5.97 Å². The number of aryl methyl sites for hydroxylation is 2. The fourth-order valence-electron chi connectivity index (χ4n) is 2.93. The second-order valence-corrected chi connectivity index (χ2v) is 7.36. The van der Waals surface area contributed by atoms with E-state index in [0.29, 0.717) is 11.8 Å². The van der Waals surface area contributed by atoms with E-state index in [4.69, 9.17) is 4.74 Å². The molecule has 0 saturated heterocycles. The molecule has 0 bridgehead atoms. The van der Waals surface area contributed by atoms with E-state index in [9.17, 15) is 4.79 Å². The molecule has 0 aromatic heterocycles. The molecule has 3 rings (SSSR count). The monoisotopic (exact) mass is 305 g/mol. The summed E-state index contributed by atoms with van der Waals surface area (Å²) in [6, 6.07) is 7.20. The van der Waals surface area contributed by atoms with E-state index in [1.54, 1.807) is 11.8 Å². The highest BCUT2D eigenvalue weighted by atomic mass is 32.2. The van der Waals surface area contributed by atoms with Gasteiger partial charge in [-0.1, -0.05) is 6.07 Å². The summed E-state index contributed by atoms with van der Waals surface area (Å²) >= 11 is 1.74. The average Bonchev–Trinajstić information content (AvgIpc) is 3.17. The van der Waals surface area contributed by atoms with Crippen molar-refractivity contribution in [2.75, 3.05) is 12.9 Å². The van der Waals surface area contributed by atoms with Gasteiger partial charge in [0.15, 0.2) is 0 Å². The molecule has 0 spiro atoms. The summed E-state index contributed by atoms with van der Waals surface area (Å²) in [5, 5.41) is 3.45. The summed E-state index contributed by atoms with van der Waals surface area (Å²) in [6.45, 7) is 1.96.